The Hall–Kier alpha value is -0.560. The zero-order valence-corrected chi connectivity index (χ0v) is 14.5. The molecule has 1 amide bonds. The molecule has 122 valence electrons. The fraction of sp³-hybridized carbons (Fsp3) is 0.688. The maximum absolute atomic E-state index is 12.3. The van der Waals surface area contributed by atoms with Gasteiger partial charge in [0.25, 0.3) is 0 Å². The van der Waals surface area contributed by atoms with Crippen LogP contribution in [0.5, 0.6) is 0 Å². The van der Waals surface area contributed by atoms with Crippen molar-refractivity contribution in [2.45, 2.75) is 38.0 Å². The van der Waals surface area contributed by atoms with Crippen LogP contribution >= 0.6 is 23.1 Å². The van der Waals surface area contributed by atoms with Gasteiger partial charge in [0.05, 0.1) is 19.2 Å². The second-order valence-electron chi connectivity index (χ2n) is 5.94. The molecular formula is C16H24N2O2S2. The van der Waals surface area contributed by atoms with Gasteiger partial charge in [-0.2, -0.15) is 11.8 Å². The van der Waals surface area contributed by atoms with E-state index in [4.69, 9.17) is 4.74 Å². The minimum atomic E-state index is 0.128. The molecule has 2 fully saturated rings. The molecule has 2 saturated heterocycles. The lowest BCUT2D eigenvalue weighted by Crippen LogP contribution is -2.46. The molecule has 1 N–H and O–H groups in total. The SMILES string of the molecule is O=C(CN(C[C@H]1CCCO1)[C@@H]1CCSC1)NCc1cccs1. The van der Waals surface area contributed by atoms with Gasteiger partial charge in [0.15, 0.2) is 0 Å². The monoisotopic (exact) mass is 340 g/mol. The van der Waals surface area contributed by atoms with Gasteiger partial charge >= 0.3 is 0 Å². The van der Waals surface area contributed by atoms with Crippen molar-refractivity contribution < 1.29 is 9.53 Å². The van der Waals surface area contributed by atoms with Crippen LogP contribution < -0.4 is 5.32 Å². The first-order valence-electron chi connectivity index (χ1n) is 8.04. The summed E-state index contributed by atoms with van der Waals surface area (Å²) in [5.74, 6) is 2.48. The van der Waals surface area contributed by atoms with E-state index in [0.717, 1.165) is 31.7 Å². The molecule has 1 aromatic rings. The minimum Gasteiger partial charge on any atom is -0.377 e. The van der Waals surface area contributed by atoms with E-state index < -0.39 is 0 Å². The van der Waals surface area contributed by atoms with Gasteiger partial charge in [-0.3, -0.25) is 9.69 Å². The predicted molar refractivity (Wildman–Crippen MR) is 92.4 cm³/mol. The quantitative estimate of drug-likeness (QED) is 0.827. The number of carbonyl (C=O) groups is 1. The van der Waals surface area contributed by atoms with Crippen LogP contribution in [0.1, 0.15) is 24.1 Å². The van der Waals surface area contributed by atoms with Crippen LogP contribution in [0.4, 0.5) is 0 Å². The van der Waals surface area contributed by atoms with Crippen LogP contribution in [0.3, 0.4) is 0 Å². The van der Waals surface area contributed by atoms with E-state index in [-0.39, 0.29) is 5.91 Å². The molecule has 2 aliphatic heterocycles. The number of ether oxygens (including phenoxy) is 1. The highest BCUT2D eigenvalue weighted by Gasteiger charge is 2.28. The van der Waals surface area contributed by atoms with Crippen molar-refractivity contribution in [3.63, 3.8) is 0 Å². The van der Waals surface area contributed by atoms with Crippen LogP contribution in [-0.4, -0.2) is 54.2 Å². The molecule has 6 heteroatoms. The van der Waals surface area contributed by atoms with Crippen LogP contribution in [-0.2, 0) is 16.1 Å². The summed E-state index contributed by atoms with van der Waals surface area (Å²) in [5, 5.41) is 5.09. The summed E-state index contributed by atoms with van der Waals surface area (Å²) in [7, 11) is 0. The summed E-state index contributed by atoms with van der Waals surface area (Å²) in [6.45, 7) is 2.92. The maximum atomic E-state index is 12.3. The molecule has 0 saturated carbocycles. The lowest BCUT2D eigenvalue weighted by molar-refractivity contribution is -0.123. The lowest BCUT2D eigenvalue weighted by atomic mass is 10.1. The van der Waals surface area contributed by atoms with Crippen molar-refractivity contribution in [1.82, 2.24) is 10.2 Å². The Morgan fingerprint density at radius 3 is 3.09 bits per heavy atom. The molecule has 2 atom stereocenters. The zero-order valence-electron chi connectivity index (χ0n) is 12.8. The van der Waals surface area contributed by atoms with E-state index in [1.54, 1.807) is 11.3 Å². The second kappa shape index (κ2) is 8.34. The predicted octanol–water partition coefficient (Wildman–Crippen LogP) is 2.35. The molecule has 0 aliphatic carbocycles. The number of hydrogen-bond acceptors (Lipinski definition) is 5. The fourth-order valence-corrected chi connectivity index (χ4v) is 4.94. The number of thiophene rings is 1. The Kier molecular flexibility index (Phi) is 6.18. The molecule has 3 heterocycles. The largest absolute Gasteiger partial charge is 0.377 e. The van der Waals surface area contributed by atoms with Crippen molar-refractivity contribution in [3.05, 3.63) is 22.4 Å². The molecule has 4 nitrogen and oxygen atoms in total. The third kappa shape index (κ3) is 4.72. The summed E-state index contributed by atoms with van der Waals surface area (Å²) >= 11 is 3.68. The molecule has 0 aromatic carbocycles. The Balaban J connectivity index is 1.50. The first-order chi connectivity index (χ1) is 10.8. The molecule has 22 heavy (non-hydrogen) atoms. The van der Waals surface area contributed by atoms with E-state index in [2.05, 4.69) is 16.3 Å². The van der Waals surface area contributed by atoms with Gasteiger partial charge in [0, 0.05) is 29.8 Å². The normalized spacial score (nSPS) is 25.0. The summed E-state index contributed by atoms with van der Waals surface area (Å²) in [4.78, 5) is 15.8. The highest BCUT2D eigenvalue weighted by atomic mass is 32.2. The first kappa shape index (κ1) is 16.3. The highest BCUT2D eigenvalue weighted by molar-refractivity contribution is 7.99. The van der Waals surface area contributed by atoms with Gasteiger partial charge in [-0.1, -0.05) is 6.07 Å². The van der Waals surface area contributed by atoms with E-state index in [1.165, 1.54) is 17.1 Å². The van der Waals surface area contributed by atoms with E-state index in [1.807, 2.05) is 23.2 Å². The smallest absolute Gasteiger partial charge is 0.234 e. The van der Waals surface area contributed by atoms with Crippen LogP contribution in [0.25, 0.3) is 0 Å². The second-order valence-corrected chi connectivity index (χ2v) is 8.12. The number of carbonyl (C=O) groups excluding carboxylic acids is 1. The summed E-state index contributed by atoms with van der Waals surface area (Å²) in [6.07, 6.45) is 3.79. The number of amides is 1. The zero-order chi connectivity index (χ0) is 15.2. The van der Waals surface area contributed by atoms with Gasteiger partial charge < -0.3 is 10.1 Å². The Morgan fingerprint density at radius 1 is 1.45 bits per heavy atom. The number of thioether (sulfide) groups is 1. The van der Waals surface area contributed by atoms with Crippen LogP contribution in [0.2, 0.25) is 0 Å². The van der Waals surface area contributed by atoms with Gasteiger partial charge in [0.2, 0.25) is 5.91 Å². The third-order valence-corrected chi connectivity index (χ3v) is 6.29. The van der Waals surface area contributed by atoms with E-state index in [0.29, 0.717) is 25.2 Å². The van der Waals surface area contributed by atoms with Gasteiger partial charge in [-0.25, -0.2) is 0 Å². The molecule has 2 aliphatic rings. The van der Waals surface area contributed by atoms with Gasteiger partial charge in [0.1, 0.15) is 0 Å². The standard InChI is InChI=1S/C16H24N2O2S2/c19-16(17-9-15-4-2-7-22-15)11-18(13-5-8-21-12-13)10-14-3-1-6-20-14/h2,4,7,13-14H,1,3,5-6,8-12H2,(H,17,19)/t13-,14-/m1/s1. The summed E-state index contributed by atoms with van der Waals surface area (Å²) in [6, 6.07) is 4.61. The Morgan fingerprint density at radius 2 is 2.41 bits per heavy atom. The average molecular weight is 341 g/mol. The molecule has 0 radical (unpaired) electrons. The maximum Gasteiger partial charge on any atom is 0.234 e. The number of nitrogens with zero attached hydrogens (tertiary/aromatic N) is 1. The molecular weight excluding hydrogens is 316 g/mol. The Labute approximate surface area is 140 Å². The summed E-state index contributed by atoms with van der Waals surface area (Å²) < 4.78 is 5.76. The van der Waals surface area contributed by atoms with Crippen molar-refractivity contribution in [3.8, 4) is 0 Å². The van der Waals surface area contributed by atoms with Crippen molar-refractivity contribution in [2.75, 3.05) is 31.2 Å². The fourth-order valence-electron chi connectivity index (χ4n) is 3.04. The highest BCUT2D eigenvalue weighted by Crippen LogP contribution is 2.24. The topological polar surface area (TPSA) is 41.6 Å². The first-order valence-corrected chi connectivity index (χ1v) is 10.1. The molecule has 0 bridgehead atoms. The molecule has 3 rings (SSSR count). The van der Waals surface area contributed by atoms with Gasteiger partial charge in [-0.05, 0) is 36.5 Å². The Bertz CT molecular complexity index is 455. The van der Waals surface area contributed by atoms with Crippen molar-refractivity contribution in [2.24, 2.45) is 0 Å². The third-order valence-electron chi connectivity index (χ3n) is 4.27. The van der Waals surface area contributed by atoms with E-state index in [9.17, 15) is 4.79 Å². The van der Waals surface area contributed by atoms with Crippen molar-refractivity contribution in [1.29, 1.82) is 0 Å². The molecule has 1 aromatic heterocycles. The minimum absolute atomic E-state index is 0.128. The number of rotatable bonds is 7. The van der Waals surface area contributed by atoms with Crippen LogP contribution in [0.15, 0.2) is 17.5 Å². The number of hydrogen-bond donors (Lipinski definition) is 1. The molecule has 0 spiro atoms. The molecule has 0 unspecified atom stereocenters. The van der Waals surface area contributed by atoms with Gasteiger partial charge in [-0.15, -0.1) is 11.3 Å². The lowest BCUT2D eigenvalue weighted by Gasteiger charge is -2.29. The number of nitrogens with one attached hydrogen (secondary N) is 1. The summed E-state index contributed by atoms with van der Waals surface area (Å²) in [5.41, 5.74) is 0. The van der Waals surface area contributed by atoms with Crippen LogP contribution in [0, 0.1) is 0 Å². The van der Waals surface area contributed by atoms with E-state index >= 15 is 0 Å². The van der Waals surface area contributed by atoms with Crippen molar-refractivity contribution >= 4 is 29.0 Å². The average Bonchev–Trinajstić information content (AvgIpc) is 3.26.